The minimum absolute atomic E-state index is 0.200. The zero-order chi connectivity index (χ0) is 25.4. The fourth-order valence-corrected chi connectivity index (χ4v) is 4.64. The maximum absolute atomic E-state index is 13.6. The van der Waals surface area contributed by atoms with Crippen LogP contribution >= 0.6 is 0 Å². The first-order valence-corrected chi connectivity index (χ1v) is 12.0. The van der Waals surface area contributed by atoms with Gasteiger partial charge in [-0.1, -0.05) is 0 Å². The van der Waals surface area contributed by atoms with Crippen LogP contribution in [0, 0.1) is 11.6 Å². The van der Waals surface area contributed by atoms with Crippen molar-refractivity contribution in [2.24, 2.45) is 0 Å². The summed E-state index contributed by atoms with van der Waals surface area (Å²) >= 11 is 0. The highest BCUT2D eigenvalue weighted by Gasteiger charge is 2.19. The molecule has 1 aliphatic rings. The van der Waals surface area contributed by atoms with Gasteiger partial charge >= 0.3 is 0 Å². The highest BCUT2D eigenvalue weighted by molar-refractivity contribution is 5.98. The van der Waals surface area contributed by atoms with E-state index in [0.29, 0.717) is 45.8 Å². The molecule has 6 nitrogen and oxygen atoms in total. The first-order chi connectivity index (χ1) is 18.0. The van der Waals surface area contributed by atoms with Crippen LogP contribution in [0.4, 0.5) is 8.78 Å². The number of aromatic amines is 1. The smallest absolute Gasteiger partial charge is 0.252 e. The summed E-state index contributed by atoms with van der Waals surface area (Å²) in [7, 11) is 0. The van der Waals surface area contributed by atoms with Gasteiger partial charge in [0, 0.05) is 48.1 Å². The first kappa shape index (κ1) is 23.0. The van der Waals surface area contributed by atoms with Crippen molar-refractivity contribution in [3.63, 3.8) is 0 Å². The highest BCUT2D eigenvalue weighted by Crippen LogP contribution is 2.31. The summed E-state index contributed by atoms with van der Waals surface area (Å²) < 4.78 is 27.2. The van der Waals surface area contributed by atoms with Gasteiger partial charge in [-0.05, 0) is 78.4 Å². The van der Waals surface area contributed by atoms with Crippen molar-refractivity contribution in [3.05, 3.63) is 107 Å². The molecule has 0 bridgehead atoms. The molecular formula is C29H23F2N5O. The number of carbonyl (C=O) groups excluding carboxylic acids is 1. The molecule has 184 valence electrons. The van der Waals surface area contributed by atoms with Gasteiger partial charge in [-0.15, -0.1) is 0 Å². The molecule has 0 spiro atoms. The summed E-state index contributed by atoms with van der Waals surface area (Å²) in [4.78, 5) is 28.0. The molecule has 8 heteroatoms. The van der Waals surface area contributed by atoms with E-state index >= 15 is 0 Å². The summed E-state index contributed by atoms with van der Waals surface area (Å²) in [5.74, 6) is -0.912. The van der Waals surface area contributed by atoms with Crippen LogP contribution < -0.4 is 5.32 Å². The van der Waals surface area contributed by atoms with E-state index in [1.54, 1.807) is 42.5 Å². The predicted octanol–water partition coefficient (Wildman–Crippen LogP) is 5.32. The van der Waals surface area contributed by atoms with E-state index in [1.165, 1.54) is 35.5 Å². The fourth-order valence-electron chi connectivity index (χ4n) is 4.64. The molecule has 2 N–H and O–H groups in total. The van der Waals surface area contributed by atoms with Crippen molar-refractivity contribution in [1.82, 2.24) is 25.2 Å². The third-order valence-electron chi connectivity index (χ3n) is 6.63. The lowest BCUT2D eigenvalue weighted by Crippen LogP contribution is -2.40. The molecule has 5 aromatic rings. The minimum atomic E-state index is -0.360. The van der Waals surface area contributed by atoms with E-state index in [4.69, 9.17) is 9.97 Å². The van der Waals surface area contributed by atoms with Gasteiger partial charge in [0.1, 0.15) is 11.6 Å². The van der Waals surface area contributed by atoms with E-state index in [-0.39, 0.29) is 17.5 Å². The molecule has 0 radical (unpaired) electrons. The van der Waals surface area contributed by atoms with Gasteiger partial charge < -0.3 is 10.3 Å². The molecule has 0 atom stereocenters. The molecule has 2 aromatic heterocycles. The van der Waals surface area contributed by atoms with Crippen LogP contribution in [0.25, 0.3) is 33.5 Å². The number of amides is 1. The number of rotatable bonds is 5. The summed E-state index contributed by atoms with van der Waals surface area (Å²) in [6.07, 6.45) is 2.87. The Morgan fingerprint density at radius 1 is 0.865 bits per heavy atom. The van der Waals surface area contributed by atoms with Crippen LogP contribution in [0.3, 0.4) is 0 Å². The third kappa shape index (κ3) is 4.71. The number of hydrogen-bond donors (Lipinski definition) is 2. The monoisotopic (exact) mass is 495 g/mol. The fraction of sp³-hybridized carbons (Fsp3) is 0.138. The predicted molar refractivity (Wildman–Crippen MR) is 138 cm³/mol. The van der Waals surface area contributed by atoms with Crippen molar-refractivity contribution in [2.75, 3.05) is 13.2 Å². The second kappa shape index (κ2) is 9.55. The number of aromatic nitrogens is 3. The van der Waals surface area contributed by atoms with Gasteiger partial charge in [-0.3, -0.25) is 9.69 Å². The van der Waals surface area contributed by atoms with E-state index in [1.807, 2.05) is 6.20 Å². The van der Waals surface area contributed by atoms with Gasteiger partial charge in [0.15, 0.2) is 0 Å². The molecular weight excluding hydrogens is 472 g/mol. The van der Waals surface area contributed by atoms with Crippen molar-refractivity contribution >= 4 is 16.9 Å². The van der Waals surface area contributed by atoms with Crippen LogP contribution in [0.2, 0.25) is 0 Å². The standard InChI is InChI=1S/C29H23F2N5O/c30-22-6-1-18(2-7-22)27-28(19-3-8-23(31)9-4-19)35-26-15-20(5-10-25(26)34-27)29(37)33-17-36-14-12-24-21(16-36)11-13-32-24/h1-11,13,15,32H,12,14,16-17H2,(H,33,37). The molecule has 1 aliphatic heterocycles. The SMILES string of the molecule is O=C(NCN1CCc2[nH]ccc2C1)c1ccc2nc(-c3ccc(F)cc3)c(-c3ccc(F)cc3)nc2c1. The number of H-pyrrole nitrogens is 1. The molecule has 37 heavy (non-hydrogen) atoms. The zero-order valence-corrected chi connectivity index (χ0v) is 19.8. The lowest BCUT2D eigenvalue weighted by molar-refractivity contribution is 0.0917. The van der Waals surface area contributed by atoms with E-state index in [9.17, 15) is 13.6 Å². The van der Waals surface area contributed by atoms with Crippen LogP contribution in [0.5, 0.6) is 0 Å². The van der Waals surface area contributed by atoms with Gasteiger partial charge in [0.05, 0.1) is 29.1 Å². The van der Waals surface area contributed by atoms with Crippen molar-refractivity contribution in [2.45, 2.75) is 13.0 Å². The Bertz CT molecular complexity index is 1600. The van der Waals surface area contributed by atoms with Gasteiger partial charge in [0.25, 0.3) is 5.91 Å². The molecule has 0 fully saturated rings. The summed E-state index contributed by atoms with van der Waals surface area (Å²) in [6, 6.07) is 19.2. The van der Waals surface area contributed by atoms with Gasteiger partial charge in [-0.25, -0.2) is 18.7 Å². The number of fused-ring (bicyclic) bond motifs is 2. The maximum Gasteiger partial charge on any atom is 0.252 e. The Kier molecular flexibility index (Phi) is 5.94. The van der Waals surface area contributed by atoms with E-state index in [2.05, 4.69) is 21.3 Å². The van der Waals surface area contributed by atoms with E-state index in [0.717, 1.165) is 19.5 Å². The van der Waals surface area contributed by atoms with Crippen molar-refractivity contribution in [3.8, 4) is 22.5 Å². The minimum Gasteiger partial charge on any atom is -0.365 e. The summed E-state index contributed by atoms with van der Waals surface area (Å²) in [5.41, 5.74) is 6.53. The lowest BCUT2D eigenvalue weighted by atomic mass is 10.0. The third-order valence-corrected chi connectivity index (χ3v) is 6.63. The average molecular weight is 496 g/mol. The quantitative estimate of drug-likeness (QED) is 0.346. The number of benzene rings is 3. The van der Waals surface area contributed by atoms with Crippen molar-refractivity contribution in [1.29, 1.82) is 0 Å². The van der Waals surface area contributed by atoms with Crippen LogP contribution in [0.15, 0.2) is 79.0 Å². The van der Waals surface area contributed by atoms with Gasteiger partial charge in [-0.2, -0.15) is 0 Å². The van der Waals surface area contributed by atoms with Crippen LogP contribution in [-0.2, 0) is 13.0 Å². The highest BCUT2D eigenvalue weighted by atomic mass is 19.1. The molecule has 0 saturated heterocycles. The Labute approximate surface area is 212 Å². The number of halogens is 2. The van der Waals surface area contributed by atoms with E-state index < -0.39 is 0 Å². The average Bonchev–Trinajstić information content (AvgIpc) is 3.40. The zero-order valence-electron chi connectivity index (χ0n) is 19.8. The molecule has 1 amide bonds. The molecule has 0 unspecified atom stereocenters. The molecule has 3 heterocycles. The first-order valence-electron chi connectivity index (χ1n) is 12.0. The summed E-state index contributed by atoms with van der Waals surface area (Å²) in [6.45, 7) is 2.09. The molecule has 3 aromatic carbocycles. The number of nitrogens with zero attached hydrogens (tertiary/aromatic N) is 3. The van der Waals surface area contributed by atoms with Crippen molar-refractivity contribution < 1.29 is 13.6 Å². The summed E-state index contributed by atoms with van der Waals surface area (Å²) in [5, 5.41) is 3.00. The van der Waals surface area contributed by atoms with Crippen LogP contribution in [0.1, 0.15) is 21.6 Å². The van der Waals surface area contributed by atoms with Gasteiger partial charge in [0.2, 0.25) is 0 Å². The Balaban J connectivity index is 1.30. The second-order valence-corrected chi connectivity index (χ2v) is 9.09. The Morgan fingerprint density at radius 3 is 2.19 bits per heavy atom. The number of hydrogen-bond acceptors (Lipinski definition) is 4. The Hall–Kier alpha value is -4.43. The number of nitrogens with one attached hydrogen (secondary N) is 2. The normalized spacial score (nSPS) is 13.5. The lowest BCUT2D eigenvalue weighted by Gasteiger charge is -2.26. The second-order valence-electron chi connectivity index (χ2n) is 9.09. The molecule has 6 rings (SSSR count). The maximum atomic E-state index is 13.6. The molecule has 0 saturated carbocycles. The Morgan fingerprint density at radius 2 is 1.51 bits per heavy atom. The van der Waals surface area contributed by atoms with Crippen LogP contribution in [-0.4, -0.2) is 39.0 Å². The largest absolute Gasteiger partial charge is 0.365 e. The topological polar surface area (TPSA) is 73.9 Å². The number of carbonyl (C=O) groups is 1. The molecule has 0 aliphatic carbocycles.